The van der Waals surface area contributed by atoms with Crippen molar-refractivity contribution in [1.29, 1.82) is 0 Å². The molecule has 0 unspecified atom stereocenters. The molecule has 3 aromatic rings. The van der Waals surface area contributed by atoms with Gasteiger partial charge >= 0.3 is 0 Å². The minimum absolute atomic E-state index is 0.0575. The molecule has 26 heavy (non-hydrogen) atoms. The number of benzene rings is 2. The second-order valence-electron chi connectivity index (χ2n) is 5.20. The van der Waals surface area contributed by atoms with Crippen LogP contribution in [0.1, 0.15) is 10.5 Å². The van der Waals surface area contributed by atoms with Gasteiger partial charge in [-0.15, -0.1) is 0 Å². The smallest absolute Gasteiger partial charge is 0.274 e. The van der Waals surface area contributed by atoms with Gasteiger partial charge in [-0.1, -0.05) is 12.1 Å². The quantitative estimate of drug-likeness (QED) is 0.728. The fourth-order valence-electron chi connectivity index (χ4n) is 2.20. The third kappa shape index (κ3) is 3.92. The summed E-state index contributed by atoms with van der Waals surface area (Å²) in [6.45, 7) is 0. The van der Waals surface area contributed by atoms with Gasteiger partial charge in [-0.2, -0.15) is 0 Å². The van der Waals surface area contributed by atoms with E-state index in [1.54, 1.807) is 19.2 Å². The predicted molar refractivity (Wildman–Crippen MR) is 92.6 cm³/mol. The molecule has 0 saturated heterocycles. The number of rotatable bonds is 5. The largest absolute Gasteiger partial charge is 0.495 e. The second-order valence-corrected chi connectivity index (χ2v) is 5.20. The van der Waals surface area contributed by atoms with Gasteiger partial charge in [0.05, 0.1) is 12.8 Å². The first-order valence-electron chi connectivity index (χ1n) is 7.55. The van der Waals surface area contributed by atoms with Crippen molar-refractivity contribution in [3.05, 3.63) is 72.2 Å². The monoisotopic (exact) mass is 356 g/mol. The van der Waals surface area contributed by atoms with Crippen LogP contribution in [0.2, 0.25) is 0 Å². The van der Waals surface area contributed by atoms with E-state index in [4.69, 9.17) is 4.74 Å². The number of anilines is 3. The zero-order valence-electron chi connectivity index (χ0n) is 13.7. The zero-order chi connectivity index (χ0) is 18.5. The lowest BCUT2D eigenvalue weighted by Gasteiger charge is -2.11. The average Bonchev–Trinajstić information content (AvgIpc) is 2.65. The van der Waals surface area contributed by atoms with E-state index in [1.807, 2.05) is 12.1 Å². The number of nitrogens with one attached hydrogen (secondary N) is 2. The number of hydrogen-bond acceptors (Lipinski definition) is 5. The average molecular weight is 356 g/mol. The van der Waals surface area contributed by atoms with Crippen LogP contribution in [0.4, 0.5) is 26.0 Å². The standard InChI is InChI=1S/C18H14F2N4O2/c1-26-16-5-3-2-4-14(16)24-17-9-15(21-10-22-17)18(25)23-11-6-7-12(19)13(20)8-11/h2-10H,1H3,(H,23,25)(H,21,22,24). The normalized spacial score (nSPS) is 10.3. The fourth-order valence-corrected chi connectivity index (χ4v) is 2.20. The molecule has 0 aliphatic carbocycles. The highest BCUT2D eigenvalue weighted by molar-refractivity contribution is 6.03. The molecule has 8 heteroatoms. The van der Waals surface area contributed by atoms with E-state index in [9.17, 15) is 13.6 Å². The van der Waals surface area contributed by atoms with E-state index < -0.39 is 17.5 Å². The first kappa shape index (κ1) is 17.3. The molecule has 0 radical (unpaired) electrons. The Morgan fingerprint density at radius 3 is 2.62 bits per heavy atom. The SMILES string of the molecule is COc1ccccc1Nc1cc(C(=O)Nc2ccc(F)c(F)c2)ncn1. The highest BCUT2D eigenvalue weighted by Gasteiger charge is 2.12. The Balaban J connectivity index is 1.78. The van der Waals surface area contributed by atoms with Crippen LogP contribution >= 0.6 is 0 Å². The predicted octanol–water partition coefficient (Wildman–Crippen LogP) is 3.76. The Bertz CT molecular complexity index is 950. The van der Waals surface area contributed by atoms with Crippen molar-refractivity contribution in [3.8, 4) is 5.75 Å². The molecular weight excluding hydrogens is 342 g/mol. The molecule has 1 amide bonds. The van der Waals surface area contributed by atoms with Crippen molar-refractivity contribution >= 4 is 23.1 Å². The summed E-state index contributed by atoms with van der Waals surface area (Å²) in [7, 11) is 1.54. The Hall–Kier alpha value is -3.55. The molecule has 6 nitrogen and oxygen atoms in total. The van der Waals surface area contributed by atoms with Gasteiger partial charge in [-0.05, 0) is 24.3 Å². The van der Waals surface area contributed by atoms with Gasteiger partial charge in [-0.25, -0.2) is 18.7 Å². The molecule has 0 fully saturated rings. The van der Waals surface area contributed by atoms with Crippen LogP contribution in [0.5, 0.6) is 5.75 Å². The molecule has 0 aliphatic rings. The van der Waals surface area contributed by atoms with E-state index in [0.29, 0.717) is 17.3 Å². The molecule has 2 aromatic carbocycles. The number of carbonyl (C=O) groups excluding carboxylic acids is 1. The first-order valence-corrected chi connectivity index (χ1v) is 7.55. The number of para-hydroxylation sites is 2. The molecule has 0 atom stereocenters. The van der Waals surface area contributed by atoms with E-state index in [0.717, 1.165) is 12.1 Å². The maximum Gasteiger partial charge on any atom is 0.274 e. The molecule has 0 bridgehead atoms. The number of amides is 1. The summed E-state index contributed by atoms with van der Waals surface area (Å²) in [5.41, 5.74) is 0.842. The summed E-state index contributed by atoms with van der Waals surface area (Å²) in [5.74, 6) is -1.64. The minimum atomic E-state index is -1.05. The number of hydrogen-bond donors (Lipinski definition) is 2. The third-order valence-corrected chi connectivity index (χ3v) is 3.45. The summed E-state index contributed by atoms with van der Waals surface area (Å²) in [6, 6.07) is 11.7. The zero-order valence-corrected chi connectivity index (χ0v) is 13.7. The van der Waals surface area contributed by atoms with E-state index in [2.05, 4.69) is 20.6 Å². The molecule has 0 aliphatic heterocycles. The fraction of sp³-hybridized carbons (Fsp3) is 0.0556. The van der Waals surface area contributed by atoms with E-state index >= 15 is 0 Å². The Kier molecular flexibility index (Phi) is 5.02. The molecular formula is C18H14F2N4O2. The van der Waals surface area contributed by atoms with E-state index in [1.165, 1.54) is 18.5 Å². The summed E-state index contributed by atoms with van der Waals surface area (Å²) in [4.78, 5) is 20.2. The van der Waals surface area contributed by atoms with Crippen molar-refractivity contribution in [2.75, 3.05) is 17.7 Å². The van der Waals surface area contributed by atoms with Crippen LogP contribution in [0.25, 0.3) is 0 Å². The van der Waals surface area contributed by atoms with Gasteiger partial charge in [0.1, 0.15) is 23.6 Å². The minimum Gasteiger partial charge on any atom is -0.495 e. The number of aromatic nitrogens is 2. The van der Waals surface area contributed by atoms with Crippen molar-refractivity contribution < 1.29 is 18.3 Å². The van der Waals surface area contributed by atoms with Crippen LogP contribution in [-0.4, -0.2) is 23.0 Å². The van der Waals surface area contributed by atoms with Crippen molar-refractivity contribution in [2.24, 2.45) is 0 Å². The van der Waals surface area contributed by atoms with Crippen LogP contribution in [0, 0.1) is 11.6 Å². The number of nitrogens with zero attached hydrogens (tertiary/aromatic N) is 2. The van der Waals surface area contributed by atoms with Gasteiger partial charge < -0.3 is 15.4 Å². The van der Waals surface area contributed by atoms with Crippen LogP contribution in [-0.2, 0) is 0 Å². The van der Waals surface area contributed by atoms with Crippen molar-refractivity contribution in [1.82, 2.24) is 9.97 Å². The number of halogens is 2. The van der Waals surface area contributed by atoms with Gasteiger partial charge in [0, 0.05) is 17.8 Å². The molecule has 0 saturated carbocycles. The lowest BCUT2D eigenvalue weighted by Crippen LogP contribution is -2.14. The van der Waals surface area contributed by atoms with E-state index in [-0.39, 0.29) is 11.4 Å². The van der Waals surface area contributed by atoms with Gasteiger partial charge in [0.15, 0.2) is 11.6 Å². The van der Waals surface area contributed by atoms with Crippen LogP contribution in [0.3, 0.4) is 0 Å². The van der Waals surface area contributed by atoms with Crippen molar-refractivity contribution in [3.63, 3.8) is 0 Å². The first-order chi connectivity index (χ1) is 12.6. The van der Waals surface area contributed by atoms with Crippen LogP contribution < -0.4 is 15.4 Å². The molecule has 3 rings (SSSR count). The topological polar surface area (TPSA) is 76.1 Å². The molecule has 2 N–H and O–H groups in total. The molecule has 132 valence electrons. The van der Waals surface area contributed by atoms with Gasteiger partial charge in [0.25, 0.3) is 5.91 Å². The highest BCUT2D eigenvalue weighted by atomic mass is 19.2. The maximum absolute atomic E-state index is 13.2. The molecule has 0 spiro atoms. The maximum atomic E-state index is 13.2. The Labute approximate surface area is 147 Å². The van der Waals surface area contributed by atoms with Crippen molar-refractivity contribution in [2.45, 2.75) is 0 Å². The van der Waals surface area contributed by atoms with Gasteiger partial charge in [0.2, 0.25) is 0 Å². The molecule has 1 aromatic heterocycles. The third-order valence-electron chi connectivity index (χ3n) is 3.45. The van der Waals surface area contributed by atoms with Crippen LogP contribution in [0.15, 0.2) is 54.9 Å². The number of carbonyl (C=O) groups is 1. The summed E-state index contributed by atoms with van der Waals surface area (Å²) >= 11 is 0. The second kappa shape index (κ2) is 7.56. The summed E-state index contributed by atoms with van der Waals surface area (Å²) in [6.07, 6.45) is 1.22. The summed E-state index contributed by atoms with van der Waals surface area (Å²) < 4.78 is 31.4. The lowest BCUT2D eigenvalue weighted by molar-refractivity contribution is 0.102. The molecule has 1 heterocycles. The Morgan fingerprint density at radius 2 is 1.85 bits per heavy atom. The number of ether oxygens (including phenoxy) is 1. The summed E-state index contributed by atoms with van der Waals surface area (Å²) in [5, 5.41) is 5.48. The highest BCUT2D eigenvalue weighted by Crippen LogP contribution is 2.26. The number of methoxy groups -OCH3 is 1. The lowest BCUT2D eigenvalue weighted by atomic mass is 10.2. The van der Waals surface area contributed by atoms with Gasteiger partial charge in [-0.3, -0.25) is 4.79 Å². The Morgan fingerprint density at radius 1 is 1.04 bits per heavy atom.